The Balaban J connectivity index is 1.54. The van der Waals surface area contributed by atoms with Crippen molar-refractivity contribution in [1.29, 1.82) is 0 Å². The summed E-state index contributed by atoms with van der Waals surface area (Å²) in [5, 5.41) is 10.1. The molecular formula is C20H24FN5O. The van der Waals surface area contributed by atoms with Gasteiger partial charge < -0.3 is 20.7 Å². The van der Waals surface area contributed by atoms with Crippen LogP contribution in [0.25, 0.3) is 5.57 Å². The van der Waals surface area contributed by atoms with Gasteiger partial charge in [0.1, 0.15) is 11.6 Å². The zero-order chi connectivity index (χ0) is 18.8. The van der Waals surface area contributed by atoms with Gasteiger partial charge in [0, 0.05) is 30.9 Å². The van der Waals surface area contributed by atoms with Gasteiger partial charge in [-0.25, -0.2) is 14.4 Å². The van der Waals surface area contributed by atoms with Gasteiger partial charge in [0.15, 0.2) is 0 Å². The van der Waals surface area contributed by atoms with E-state index in [9.17, 15) is 4.39 Å². The van der Waals surface area contributed by atoms with Crippen LogP contribution in [-0.4, -0.2) is 36.2 Å². The molecule has 3 heterocycles. The van der Waals surface area contributed by atoms with Crippen LogP contribution in [-0.2, 0) is 0 Å². The minimum Gasteiger partial charge on any atom is -0.496 e. The summed E-state index contributed by atoms with van der Waals surface area (Å²) in [5.74, 6) is 0.911. The third kappa shape index (κ3) is 3.73. The number of aryl methyl sites for hydroxylation is 1. The number of methoxy groups -OCH3 is 1. The number of nitrogens with one attached hydrogen (secondary N) is 3. The van der Waals surface area contributed by atoms with E-state index in [1.54, 1.807) is 19.2 Å². The van der Waals surface area contributed by atoms with E-state index in [0.29, 0.717) is 29.7 Å². The van der Waals surface area contributed by atoms with Crippen LogP contribution in [0.5, 0.6) is 5.75 Å². The normalized spacial score (nSPS) is 21.7. The molecule has 6 nitrogen and oxygen atoms in total. The second-order valence-corrected chi connectivity index (χ2v) is 7.00. The van der Waals surface area contributed by atoms with Gasteiger partial charge in [-0.3, -0.25) is 0 Å². The molecule has 0 saturated carbocycles. The summed E-state index contributed by atoms with van der Waals surface area (Å²) < 4.78 is 19.7. The van der Waals surface area contributed by atoms with Gasteiger partial charge in [0.2, 0.25) is 5.95 Å². The van der Waals surface area contributed by atoms with Gasteiger partial charge >= 0.3 is 0 Å². The lowest BCUT2D eigenvalue weighted by Crippen LogP contribution is -2.24. The lowest BCUT2D eigenvalue weighted by atomic mass is 9.99. The predicted octanol–water partition coefficient (Wildman–Crippen LogP) is 2.78. The second kappa shape index (κ2) is 7.52. The molecular weight excluding hydrogens is 345 g/mol. The van der Waals surface area contributed by atoms with Crippen LogP contribution in [0.4, 0.5) is 10.3 Å². The lowest BCUT2D eigenvalue weighted by Gasteiger charge is -2.16. The summed E-state index contributed by atoms with van der Waals surface area (Å²) in [6, 6.07) is 7.20. The van der Waals surface area contributed by atoms with Crippen molar-refractivity contribution in [1.82, 2.24) is 20.6 Å². The molecule has 0 amide bonds. The monoisotopic (exact) mass is 369 g/mol. The number of anilines is 1. The van der Waals surface area contributed by atoms with Gasteiger partial charge in [0.25, 0.3) is 0 Å². The molecule has 1 saturated heterocycles. The Bertz CT molecular complexity index is 863. The Kier molecular flexibility index (Phi) is 4.94. The first-order valence-corrected chi connectivity index (χ1v) is 9.25. The number of benzene rings is 1. The van der Waals surface area contributed by atoms with Crippen LogP contribution in [0.15, 0.2) is 30.5 Å². The quantitative estimate of drug-likeness (QED) is 0.753. The van der Waals surface area contributed by atoms with Gasteiger partial charge in [-0.15, -0.1) is 0 Å². The summed E-state index contributed by atoms with van der Waals surface area (Å²) in [6.45, 7) is 3.90. The van der Waals surface area contributed by atoms with Gasteiger partial charge in [-0.1, -0.05) is 6.07 Å². The predicted molar refractivity (Wildman–Crippen MR) is 103 cm³/mol. The lowest BCUT2D eigenvalue weighted by molar-refractivity contribution is 0.409. The van der Waals surface area contributed by atoms with Crippen molar-refractivity contribution in [2.24, 2.45) is 0 Å². The van der Waals surface area contributed by atoms with E-state index >= 15 is 0 Å². The Morgan fingerprint density at radius 3 is 2.96 bits per heavy atom. The van der Waals surface area contributed by atoms with Crippen LogP contribution < -0.4 is 20.7 Å². The van der Waals surface area contributed by atoms with Crippen molar-refractivity contribution in [3.05, 3.63) is 53.2 Å². The molecule has 4 rings (SSSR count). The number of nitrogens with zero attached hydrogens (tertiary/aromatic N) is 2. The van der Waals surface area contributed by atoms with Crippen LogP contribution in [0.3, 0.4) is 0 Å². The van der Waals surface area contributed by atoms with E-state index in [2.05, 4.69) is 20.9 Å². The van der Waals surface area contributed by atoms with Gasteiger partial charge in [0.05, 0.1) is 24.4 Å². The maximum absolute atomic E-state index is 14.4. The molecule has 142 valence electrons. The molecule has 1 aromatic carbocycles. The highest BCUT2D eigenvalue weighted by atomic mass is 19.1. The smallest absolute Gasteiger partial charge is 0.223 e. The molecule has 2 aliphatic heterocycles. The third-order valence-electron chi connectivity index (χ3n) is 5.02. The number of halogens is 1. The molecule has 7 heteroatoms. The summed E-state index contributed by atoms with van der Waals surface area (Å²) >= 11 is 0. The fraction of sp³-hybridized carbons (Fsp3) is 0.400. The molecule has 2 aromatic rings. The van der Waals surface area contributed by atoms with E-state index in [1.807, 2.05) is 19.2 Å². The molecule has 0 spiro atoms. The van der Waals surface area contributed by atoms with Crippen molar-refractivity contribution in [3.8, 4) is 5.75 Å². The first-order valence-electron chi connectivity index (χ1n) is 9.25. The maximum Gasteiger partial charge on any atom is 0.223 e. The molecule has 3 N–H and O–H groups in total. The van der Waals surface area contributed by atoms with Crippen molar-refractivity contribution >= 4 is 11.5 Å². The fourth-order valence-electron chi connectivity index (χ4n) is 3.69. The van der Waals surface area contributed by atoms with Crippen molar-refractivity contribution < 1.29 is 9.13 Å². The summed E-state index contributed by atoms with van der Waals surface area (Å²) in [6.07, 6.45) is 3.56. The number of rotatable bonds is 5. The first-order chi connectivity index (χ1) is 13.1. The largest absolute Gasteiger partial charge is 0.496 e. The molecule has 27 heavy (non-hydrogen) atoms. The Morgan fingerprint density at radius 2 is 2.19 bits per heavy atom. The Morgan fingerprint density at radius 1 is 1.30 bits per heavy atom. The summed E-state index contributed by atoms with van der Waals surface area (Å²) in [4.78, 5) is 9.21. The molecule has 0 radical (unpaired) electrons. The SMILES string of the molecule is COc1cccc(F)c1C1=CNC(c2cc(C)nc(N[C@H]3CCNC3)n2)C1. The molecule has 0 bridgehead atoms. The highest BCUT2D eigenvalue weighted by Gasteiger charge is 2.25. The summed E-state index contributed by atoms with van der Waals surface area (Å²) in [5.41, 5.74) is 3.20. The molecule has 1 aromatic heterocycles. The number of aromatic nitrogens is 2. The molecule has 0 aliphatic carbocycles. The highest BCUT2D eigenvalue weighted by Crippen LogP contribution is 2.37. The molecule has 2 aliphatic rings. The standard InChI is InChI=1S/C20H24FN5O/c1-12-8-17(26-20(24-12)25-14-6-7-22-11-14)16-9-13(10-23-16)19-15(21)4-3-5-18(19)27-2/h3-5,8,10,14,16,22-23H,6-7,9,11H2,1-2H3,(H,24,25,26)/t14-,16?/m0/s1. The fourth-order valence-corrected chi connectivity index (χ4v) is 3.69. The zero-order valence-corrected chi connectivity index (χ0v) is 15.6. The van der Waals surface area contributed by atoms with Crippen LogP contribution in [0, 0.1) is 12.7 Å². The van der Waals surface area contributed by atoms with Gasteiger partial charge in [-0.2, -0.15) is 0 Å². The van der Waals surface area contributed by atoms with Crippen LogP contribution >= 0.6 is 0 Å². The number of hydrogen-bond acceptors (Lipinski definition) is 6. The summed E-state index contributed by atoms with van der Waals surface area (Å²) in [7, 11) is 1.56. The van der Waals surface area contributed by atoms with E-state index in [4.69, 9.17) is 9.72 Å². The Labute approximate surface area is 158 Å². The zero-order valence-electron chi connectivity index (χ0n) is 15.6. The second-order valence-electron chi connectivity index (χ2n) is 7.00. The first kappa shape index (κ1) is 17.7. The van der Waals surface area contributed by atoms with Crippen LogP contribution in [0.2, 0.25) is 0 Å². The number of ether oxygens (including phenoxy) is 1. The van der Waals surface area contributed by atoms with Crippen molar-refractivity contribution in [2.45, 2.75) is 31.8 Å². The maximum atomic E-state index is 14.4. The van der Waals surface area contributed by atoms with E-state index in [0.717, 1.165) is 36.5 Å². The third-order valence-corrected chi connectivity index (χ3v) is 5.02. The topological polar surface area (TPSA) is 71.1 Å². The average molecular weight is 369 g/mol. The molecule has 1 fully saturated rings. The Hall–Kier alpha value is -2.67. The van der Waals surface area contributed by atoms with Crippen LogP contribution in [0.1, 0.15) is 35.8 Å². The van der Waals surface area contributed by atoms with E-state index in [1.165, 1.54) is 6.07 Å². The molecule has 2 atom stereocenters. The van der Waals surface area contributed by atoms with E-state index in [-0.39, 0.29) is 11.9 Å². The van der Waals surface area contributed by atoms with Crippen molar-refractivity contribution in [2.75, 3.05) is 25.5 Å². The van der Waals surface area contributed by atoms with Gasteiger partial charge in [-0.05, 0) is 43.7 Å². The minimum atomic E-state index is -0.280. The highest BCUT2D eigenvalue weighted by molar-refractivity contribution is 5.73. The minimum absolute atomic E-state index is 0.0201. The average Bonchev–Trinajstić information content (AvgIpc) is 3.33. The van der Waals surface area contributed by atoms with E-state index < -0.39 is 0 Å². The molecule has 1 unspecified atom stereocenters. The number of hydrogen-bond donors (Lipinski definition) is 3. The van der Waals surface area contributed by atoms with Crippen molar-refractivity contribution in [3.63, 3.8) is 0 Å².